The zero-order valence-corrected chi connectivity index (χ0v) is 24.9. The summed E-state index contributed by atoms with van der Waals surface area (Å²) >= 11 is 0. The lowest BCUT2D eigenvalue weighted by Gasteiger charge is -2.22. The van der Waals surface area contributed by atoms with E-state index >= 15 is 4.39 Å². The molecule has 0 saturated carbocycles. The van der Waals surface area contributed by atoms with E-state index < -0.39 is 46.4 Å². The Balaban J connectivity index is 1.84. The summed E-state index contributed by atoms with van der Waals surface area (Å²) in [4.78, 5) is 26.9. The van der Waals surface area contributed by atoms with Crippen molar-refractivity contribution in [3.8, 4) is 22.6 Å². The van der Waals surface area contributed by atoms with Crippen LogP contribution < -0.4 is 4.74 Å². The van der Waals surface area contributed by atoms with E-state index in [0.29, 0.717) is 22.9 Å². The van der Waals surface area contributed by atoms with Gasteiger partial charge in [0.15, 0.2) is 0 Å². The molecule has 0 aliphatic rings. The topological polar surface area (TPSA) is 85.3 Å². The quantitative estimate of drug-likeness (QED) is 0.110. The van der Waals surface area contributed by atoms with E-state index in [1.165, 1.54) is 24.4 Å². The molecule has 11 heteroatoms. The van der Waals surface area contributed by atoms with Crippen LogP contribution >= 0.6 is 0 Å². The van der Waals surface area contributed by atoms with Gasteiger partial charge in [0, 0.05) is 31.4 Å². The average Bonchev–Trinajstić information content (AvgIpc) is 2.92. The Morgan fingerprint density at radius 2 is 1.61 bits per heavy atom. The molecule has 0 aliphatic heterocycles. The van der Waals surface area contributed by atoms with Gasteiger partial charge in [0.05, 0.1) is 11.1 Å². The maximum absolute atomic E-state index is 15.2. The highest BCUT2D eigenvalue weighted by Crippen LogP contribution is 2.40. The van der Waals surface area contributed by atoms with Crippen LogP contribution in [0.3, 0.4) is 0 Å². The lowest BCUT2D eigenvalue weighted by atomic mass is 9.99. The predicted octanol–water partition coefficient (Wildman–Crippen LogP) is 7.38. The molecule has 7 nitrogen and oxygen atoms in total. The second kappa shape index (κ2) is 13.7. The van der Waals surface area contributed by atoms with Crippen molar-refractivity contribution in [1.29, 1.82) is 0 Å². The fourth-order valence-corrected chi connectivity index (χ4v) is 4.06. The normalized spacial score (nSPS) is 12.0. The van der Waals surface area contributed by atoms with E-state index in [1.54, 1.807) is 70.1 Å². The number of halogens is 4. The molecule has 0 bridgehead atoms. The summed E-state index contributed by atoms with van der Waals surface area (Å²) in [6.07, 6.45) is -2.03. The van der Waals surface area contributed by atoms with Gasteiger partial charge in [-0.3, -0.25) is 0 Å². The van der Waals surface area contributed by atoms with Crippen LogP contribution in [0.15, 0.2) is 73.5 Å². The highest BCUT2D eigenvalue weighted by Gasteiger charge is 2.37. The molecule has 0 fully saturated rings. The van der Waals surface area contributed by atoms with Crippen molar-refractivity contribution in [2.24, 2.45) is 0 Å². The number of phenolic OH excluding ortho intramolecular Hbond substituents is 1. The van der Waals surface area contributed by atoms with Gasteiger partial charge in [0.1, 0.15) is 41.7 Å². The third-order valence-corrected chi connectivity index (χ3v) is 5.95. The van der Waals surface area contributed by atoms with E-state index in [4.69, 9.17) is 14.2 Å². The number of phenols is 1. The highest BCUT2D eigenvalue weighted by molar-refractivity contribution is 6.16. The average molecular weight is 616 g/mol. The van der Waals surface area contributed by atoms with Crippen LogP contribution in [-0.4, -0.2) is 48.2 Å². The lowest BCUT2D eigenvalue weighted by molar-refractivity contribution is -0.139. The Hall–Kier alpha value is -4.80. The van der Waals surface area contributed by atoms with Crippen molar-refractivity contribution in [2.75, 3.05) is 20.7 Å². The first kappa shape index (κ1) is 33.7. The van der Waals surface area contributed by atoms with Crippen molar-refractivity contribution in [1.82, 2.24) is 4.90 Å². The molecule has 0 aliphatic carbocycles. The first-order chi connectivity index (χ1) is 20.5. The SMILES string of the molecule is C=CCOC(=O)/C(=C/N(C)C)c1ccc(-c2ccc(OCc3ccc(C(F)(F)F)c(O)c3C(=O)OC(C)(C)C)cc2)cc1F. The molecule has 1 N–H and O–H groups in total. The van der Waals surface area contributed by atoms with Gasteiger partial charge in [-0.2, -0.15) is 13.2 Å². The smallest absolute Gasteiger partial charge is 0.419 e. The summed E-state index contributed by atoms with van der Waals surface area (Å²) in [7, 11) is 3.38. The van der Waals surface area contributed by atoms with Gasteiger partial charge in [-0.15, -0.1) is 0 Å². The molecule has 234 valence electrons. The maximum atomic E-state index is 15.2. The number of nitrogens with zero attached hydrogens (tertiary/aromatic N) is 1. The number of hydrogen-bond acceptors (Lipinski definition) is 7. The molecule has 0 radical (unpaired) electrons. The number of carbonyl (C=O) groups excluding carboxylic acids is 2. The third-order valence-electron chi connectivity index (χ3n) is 5.95. The minimum Gasteiger partial charge on any atom is -0.506 e. The largest absolute Gasteiger partial charge is 0.506 e. The fourth-order valence-electron chi connectivity index (χ4n) is 4.06. The Morgan fingerprint density at radius 1 is 0.977 bits per heavy atom. The number of ether oxygens (including phenoxy) is 3. The predicted molar refractivity (Wildman–Crippen MR) is 157 cm³/mol. The molecule has 0 saturated heterocycles. The summed E-state index contributed by atoms with van der Waals surface area (Å²) in [5.74, 6) is -3.43. The van der Waals surface area contributed by atoms with Crippen molar-refractivity contribution in [2.45, 2.75) is 39.2 Å². The van der Waals surface area contributed by atoms with Crippen LogP contribution in [0.5, 0.6) is 11.5 Å². The molecular weight excluding hydrogens is 582 g/mol. The van der Waals surface area contributed by atoms with Crippen LogP contribution in [-0.2, 0) is 27.1 Å². The van der Waals surface area contributed by atoms with Gasteiger partial charge in [0.25, 0.3) is 0 Å². The summed E-state index contributed by atoms with van der Waals surface area (Å²) in [6, 6.07) is 12.5. The van der Waals surface area contributed by atoms with E-state index in [2.05, 4.69) is 6.58 Å². The second-order valence-corrected chi connectivity index (χ2v) is 10.9. The standard InChI is InChI=1S/C33H33F4NO6/c1-7-16-42-30(40)25(18-38(5)6)24-14-10-21(17-27(24)34)20-8-12-23(13-9-20)43-19-22-11-15-26(33(35,36)37)29(39)28(22)31(41)44-32(2,3)4/h7-15,17-18,39H,1,16,19H2,2-6H3/b25-18+. The number of benzene rings is 3. The number of rotatable bonds is 10. The highest BCUT2D eigenvalue weighted by atomic mass is 19.4. The van der Waals surface area contributed by atoms with Gasteiger partial charge in [-0.25, -0.2) is 14.0 Å². The maximum Gasteiger partial charge on any atom is 0.419 e. The molecule has 0 heterocycles. The molecule has 0 amide bonds. The van der Waals surface area contributed by atoms with Crippen LogP contribution in [0.25, 0.3) is 16.7 Å². The zero-order chi connectivity index (χ0) is 32.8. The number of carbonyl (C=O) groups is 2. The van der Waals surface area contributed by atoms with Gasteiger partial charge < -0.3 is 24.2 Å². The first-order valence-electron chi connectivity index (χ1n) is 13.4. The van der Waals surface area contributed by atoms with Gasteiger partial charge >= 0.3 is 18.1 Å². The second-order valence-electron chi connectivity index (χ2n) is 10.9. The van der Waals surface area contributed by atoms with Crippen LogP contribution in [0.2, 0.25) is 0 Å². The fraction of sp³-hybridized carbons (Fsp3) is 0.273. The molecule has 0 spiro atoms. The molecule has 3 aromatic carbocycles. The Labute approximate surface area is 253 Å². The van der Waals surface area contributed by atoms with Crippen LogP contribution in [0.4, 0.5) is 17.6 Å². The summed E-state index contributed by atoms with van der Waals surface area (Å²) in [5.41, 5.74) is -1.86. The zero-order valence-electron chi connectivity index (χ0n) is 24.9. The molecule has 0 aromatic heterocycles. The van der Waals surface area contributed by atoms with E-state index in [9.17, 15) is 27.9 Å². The van der Waals surface area contributed by atoms with Crippen LogP contribution in [0.1, 0.15) is 47.8 Å². The molecule has 3 rings (SSSR count). The van der Waals surface area contributed by atoms with E-state index in [-0.39, 0.29) is 29.9 Å². The molecule has 44 heavy (non-hydrogen) atoms. The van der Waals surface area contributed by atoms with Crippen molar-refractivity contribution in [3.05, 3.63) is 102 Å². The van der Waals surface area contributed by atoms with Gasteiger partial charge in [-0.05, 0) is 56.2 Å². The Kier molecular flexibility index (Phi) is 10.5. The minimum absolute atomic E-state index is 0.0142. The van der Waals surface area contributed by atoms with Gasteiger partial charge in [-0.1, -0.05) is 43.0 Å². The number of esters is 2. The van der Waals surface area contributed by atoms with Crippen molar-refractivity contribution < 1.29 is 46.5 Å². The van der Waals surface area contributed by atoms with Crippen molar-refractivity contribution in [3.63, 3.8) is 0 Å². The van der Waals surface area contributed by atoms with E-state index in [1.807, 2.05) is 0 Å². The summed E-state index contributed by atoms with van der Waals surface area (Å²) in [5, 5.41) is 10.4. The monoisotopic (exact) mass is 615 g/mol. The first-order valence-corrected chi connectivity index (χ1v) is 13.4. The Morgan fingerprint density at radius 3 is 2.16 bits per heavy atom. The minimum atomic E-state index is -4.90. The van der Waals surface area contributed by atoms with Crippen molar-refractivity contribution >= 4 is 17.5 Å². The van der Waals surface area contributed by atoms with Gasteiger partial charge in [0.2, 0.25) is 0 Å². The summed E-state index contributed by atoms with van der Waals surface area (Å²) in [6.45, 7) is 7.76. The number of hydrogen-bond donors (Lipinski definition) is 1. The molecule has 0 unspecified atom stereocenters. The Bertz CT molecular complexity index is 1550. The number of aromatic hydroxyl groups is 1. The molecular formula is C33H33F4NO6. The lowest BCUT2D eigenvalue weighted by Crippen LogP contribution is -2.25. The third kappa shape index (κ3) is 8.62. The van der Waals surface area contributed by atoms with E-state index in [0.717, 1.165) is 6.07 Å². The number of alkyl halides is 3. The van der Waals surface area contributed by atoms with Crippen LogP contribution in [0, 0.1) is 5.82 Å². The molecule has 0 atom stereocenters. The molecule has 3 aromatic rings. The summed E-state index contributed by atoms with van der Waals surface area (Å²) < 4.78 is 71.5.